The molecule has 288 valence electrons. The second-order valence-electron chi connectivity index (χ2n) is 18.0. The molecule has 10 heteroatoms. The highest BCUT2D eigenvalue weighted by molar-refractivity contribution is 5.25. The van der Waals surface area contributed by atoms with Gasteiger partial charge in [0.2, 0.25) is 0 Å². The van der Waals surface area contributed by atoms with Gasteiger partial charge in [-0.3, -0.25) is 0 Å². The molecule has 0 bridgehead atoms. The number of fused-ring (bicyclic) bond motifs is 5. The maximum atomic E-state index is 11.2. The smallest absolute Gasteiger partial charge is 0.187 e. The molecule has 0 aromatic heterocycles. The van der Waals surface area contributed by atoms with Crippen LogP contribution in [0.25, 0.3) is 0 Å². The van der Waals surface area contributed by atoms with Crippen molar-refractivity contribution in [2.24, 2.45) is 46.3 Å². The highest BCUT2D eigenvalue weighted by atomic mass is 16.7. The number of aliphatic hydroxyl groups is 6. The molecule has 2 aliphatic heterocycles. The molecule has 0 radical (unpaired) electrons. The highest BCUT2D eigenvalue weighted by Crippen LogP contribution is 2.67. The second-order valence-corrected chi connectivity index (χ2v) is 18.0. The lowest BCUT2D eigenvalue weighted by molar-refractivity contribution is -0.362. The van der Waals surface area contributed by atoms with Crippen LogP contribution in [0.2, 0.25) is 0 Å². The lowest BCUT2D eigenvalue weighted by Crippen LogP contribution is -2.64. The van der Waals surface area contributed by atoms with Crippen LogP contribution in [0.5, 0.6) is 0 Å². The van der Waals surface area contributed by atoms with Crippen molar-refractivity contribution in [3.05, 3.63) is 11.6 Å². The van der Waals surface area contributed by atoms with Gasteiger partial charge in [-0.1, -0.05) is 72.5 Å². The summed E-state index contributed by atoms with van der Waals surface area (Å²) in [6.45, 7) is 13.5. The van der Waals surface area contributed by atoms with E-state index in [2.05, 4.69) is 40.7 Å². The van der Waals surface area contributed by atoms with Crippen molar-refractivity contribution in [2.75, 3.05) is 6.61 Å². The molecule has 3 saturated carbocycles. The molecule has 2 saturated heterocycles. The van der Waals surface area contributed by atoms with Crippen molar-refractivity contribution in [3.8, 4) is 0 Å². The van der Waals surface area contributed by atoms with E-state index >= 15 is 0 Å². The fraction of sp³-hybridized carbons (Fsp3) is 0.950. The third kappa shape index (κ3) is 7.14. The minimum atomic E-state index is -1.60. The normalized spacial score (nSPS) is 49.9. The van der Waals surface area contributed by atoms with E-state index in [1.807, 2.05) is 0 Å². The Morgan fingerprint density at radius 2 is 1.50 bits per heavy atom. The van der Waals surface area contributed by atoms with E-state index in [0.717, 1.165) is 55.3 Å². The van der Waals surface area contributed by atoms with Gasteiger partial charge < -0.3 is 49.6 Å². The Balaban J connectivity index is 1.07. The van der Waals surface area contributed by atoms with Crippen LogP contribution in [0.1, 0.15) is 119 Å². The molecule has 5 fully saturated rings. The molecule has 6 aliphatic rings. The first-order valence-electron chi connectivity index (χ1n) is 20.1. The standard InChI is InChI=1S/C40H68O10/c1-7-29-31(42)32(43)34(45)38(48-29)50-36-30(20-41)49-37(35(46)33(36)44)47-24-15-17-39(5)23(19-24)11-12-25-27-14-13-26(22(4)10-8-9-21(2)3)40(27,6)18-16-28(25)39/h11,21-22,24-38,41-46H,7-10,12-20H2,1-6H3/t22-,24+,25+,26-,27+,28+,29?,30?,31-,32+,33-,34?,35?,36-,37-,38-,39+,40-/m1/s1. The summed E-state index contributed by atoms with van der Waals surface area (Å²) >= 11 is 0. The third-order valence-electron chi connectivity index (χ3n) is 14.8. The zero-order chi connectivity index (χ0) is 36.1. The van der Waals surface area contributed by atoms with Crippen LogP contribution in [0.15, 0.2) is 11.6 Å². The summed E-state index contributed by atoms with van der Waals surface area (Å²) in [5.41, 5.74) is 2.04. The minimum absolute atomic E-state index is 0.137. The Morgan fingerprint density at radius 1 is 0.800 bits per heavy atom. The van der Waals surface area contributed by atoms with Gasteiger partial charge in [-0.05, 0) is 104 Å². The quantitative estimate of drug-likeness (QED) is 0.170. The minimum Gasteiger partial charge on any atom is -0.394 e. The summed E-state index contributed by atoms with van der Waals surface area (Å²) in [4.78, 5) is 0. The van der Waals surface area contributed by atoms with E-state index in [4.69, 9.17) is 18.9 Å². The number of rotatable bonds is 11. The van der Waals surface area contributed by atoms with E-state index in [9.17, 15) is 30.6 Å². The van der Waals surface area contributed by atoms with Gasteiger partial charge in [-0.15, -0.1) is 0 Å². The van der Waals surface area contributed by atoms with Crippen molar-refractivity contribution in [1.29, 1.82) is 0 Å². The van der Waals surface area contributed by atoms with Gasteiger partial charge in [-0.25, -0.2) is 0 Å². The van der Waals surface area contributed by atoms with Crippen molar-refractivity contribution in [3.63, 3.8) is 0 Å². The molecule has 10 nitrogen and oxygen atoms in total. The molecular weight excluding hydrogens is 640 g/mol. The lowest BCUT2D eigenvalue weighted by Gasteiger charge is -2.58. The lowest BCUT2D eigenvalue weighted by atomic mass is 9.47. The Kier molecular flexibility index (Phi) is 12.2. The van der Waals surface area contributed by atoms with Crippen LogP contribution in [0.4, 0.5) is 0 Å². The number of ether oxygens (including phenoxy) is 4. The number of aliphatic hydroxyl groups excluding tert-OH is 6. The topological polar surface area (TPSA) is 158 Å². The average molecular weight is 709 g/mol. The molecule has 6 rings (SSSR count). The summed E-state index contributed by atoms with van der Waals surface area (Å²) in [6, 6.07) is 0. The molecule has 0 amide bonds. The van der Waals surface area contributed by atoms with Gasteiger partial charge in [0.15, 0.2) is 12.6 Å². The monoisotopic (exact) mass is 708 g/mol. The van der Waals surface area contributed by atoms with Gasteiger partial charge in [-0.2, -0.15) is 0 Å². The SMILES string of the molecule is CCC1O[C@H](O[C@@H]2C(CO)O[C@@H](O[C@H]3CC[C@@]4(C)C(=CC[C@H]5[C@@H]6CC[C@H]([C@H](C)CCCC(C)C)[C@@]6(C)CC[C@@H]54)C3)C(O)[C@H]2O)C(O)[C@@H](O)[C@@H]1O. The molecule has 0 aromatic rings. The first kappa shape index (κ1) is 39.0. The van der Waals surface area contributed by atoms with Gasteiger partial charge >= 0.3 is 0 Å². The highest BCUT2D eigenvalue weighted by Gasteiger charge is 2.59. The van der Waals surface area contributed by atoms with Crippen LogP contribution >= 0.6 is 0 Å². The summed E-state index contributed by atoms with van der Waals surface area (Å²) < 4.78 is 23.9. The molecule has 0 aromatic carbocycles. The summed E-state index contributed by atoms with van der Waals surface area (Å²) in [5.74, 6) is 4.62. The Morgan fingerprint density at radius 3 is 2.20 bits per heavy atom. The molecular formula is C40H68O10. The second kappa shape index (κ2) is 15.6. The zero-order valence-electron chi connectivity index (χ0n) is 31.4. The fourth-order valence-electron chi connectivity index (χ4n) is 11.8. The van der Waals surface area contributed by atoms with Crippen molar-refractivity contribution in [2.45, 2.75) is 186 Å². The predicted octanol–water partition coefficient (Wildman–Crippen LogP) is 4.45. The predicted molar refractivity (Wildman–Crippen MR) is 188 cm³/mol. The maximum absolute atomic E-state index is 11.2. The molecule has 6 N–H and O–H groups in total. The average Bonchev–Trinajstić information content (AvgIpc) is 3.45. The van der Waals surface area contributed by atoms with E-state index in [0.29, 0.717) is 17.8 Å². The summed E-state index contributed by atoms with van der Waals surface area (Å²) in [5, 5.41) is 63.6. The fourth-order valence-corrected chi connectivity index (χ4v) is 11.8. The van der Waals surface area contributed by atoms with Gasteiger partial charge in [0.05, 0.1) is 18.8 Å². The molecule has 18 atom stereocenters. The first-order valence-corrected chi connectivity index (χ1v) is 20.1. The van der Waals surface area contributed by atoms with Gasteiger partial charge in [0.25, 0.3) is 0 Å². The largest absolute Gasteiger partial charge is 0.394 e. The van der Waals surface area contributed by atoms with Crippen molar-refractivity contribution >= 4 is 0 Å². The van der Waals surface area contributed by atoms with Crippen LogP contribution in [0.3, 0.4) is 0 Å². The summed E-state index contributed by atoms with van der Waals surface area (Å²) in [7, 11) is 0. The van der Waals surface area contributed by atoms with Gasteiger partial charge in [0, 0.05) is 0 Å². The maximum Gasteiger partial charge on any atom is 0.187 e. The van der Waals surface area contributed by atoms with Crippen LogP contribution in [-0.4, -0.2) is 105 Å². The van der Waals surface area contributed by atoms with E-state index in [1.165, 1.54) is 50.5 Å². The number of hydrogen-bond acceptors (Lipinski definition) is 10. The van der Waals surface area contributed by atoms with Crippen LogP contribution in [-0.2, 0) is 18.9 Å². The number of allylic oxidation sites excluding steroid dienone is 1. The Labute approximate surface area is 299 Å². The molecule has 2 heterocycles. The Hall–Kier alpha value is -0.660. The van der Waals surface area contributed by atoms with Crippen LogP contribution in [0, 0.1) is 46.3 Å². The van der Waals surface area contributed by atoms with Crippen molar-refractivity contribution < 1.29 is 49.6 Å². The molecule has 4 unspecified atom stereocenters. The van der Waals surface area contributed by atoms with Crippen LogP contribution < -0.4 is 0 Å². The number of hydrogen-bond donors (Lipinski definition) is 6. The molecule has 0 spiro atoms. The zero-order valence-corrected chi connectivity index (χ0v) is 31.4. The summed E-state index contributed by atoms with van der Waals surface area (Å²) in [6.07, 6.45) is 2.68. The first-order chi connectivity index (χ1) is 23.7. The van der Waals surface area contributed by atoms with Gasteiger partial charge in [0.1, 0.15) is 42.7 Å². The van der Waals surface area contributed by atoms with Crippen molar-refractivity contribution in [1.82, 2.24) is 0 Å². The Bertz CT molecular complexity index is 1160. The van der Waals surface area contributed by atoms with E-state index in [1.54, 1.807) is 6.92 Å². The molecule has 50 heavy (non-hydrogen) atoms. The third-order valence-corrected chi connectivity index (χ3v) is 14.8. The molecule has 4 aliphatic carbocycles. The van der Waals surface area contributed by atoms with E-state index in [-0.39, 0.29) is 11.5 Å². The van der Waals surface area contributed by atoms with E-state index < -0.39 is 68.0 Å².